The summed E-state index contributed by atoms with van der Waals surface area (Å²) in [5, 5.41) is 8.66. The van der Waals surface area contributed by atoms with Crippen molar-refractivity contribution in [3.8, 4) is 0 Å². The Morgan fingerprint density at radius 3 is 2.71 bits per heavy atom. The van der Waals surface area contributed by atoms with Gasteiger partial charge in [0.25, 0.3) is 5.56 Å². The number of aromatic carboxylic acids is 1. The van der Waals surface area contributed by atoms with E-state index in [4.69, 9.17) is 10.8 Å². The lowest BCUT2D eigenvalue weighted by Crippen LogP contribution is -2.20. The van der Waals surface area contributed by atoms with Gasteiger partial charge in [0.1, 0.15) is 5.56 Å². The molecule has 1 aromatic rings. The number of H-pyrrole nitrogens is 1. The lowest BCUT2D eigenvalue weighted by atomic mass is 10.1. The number of aromatic amines is 1. The molecule has 1 aliphatic rings. The molecule has 1 aromatic heterocycles. The van der Waals surface area contributed by atoms with Crippen LogP contribution in [0.2, 0.25) is 0 Å². The van der Waals surface area contributed by atoms with E-state index in [1.54, 1.807) is 0 Å². The van der Waals surface area contributed by atoms with Gasteiger partial charge in [-0.05, 0) is 18.9 Å². The lowest BCUT2D eigenvalue weighted by Gasteiger charge is -2.04. The molecule has 0 radical (unpaired) electrons. The number of aromatic nitrogens is 1. The first kappa shape index (κ1) is 8.80. The number of anilines is 1. The molecular formula is C9H10N2O3. The van der Waals surface area contributed by atoms with Crippen molar-refractivity contribution in [3.05, 3.63) is 27.7 Å². The van der Waals surface area contributed by atoms with E-state index in [9.17, 15) is 9.59 Å². The molecular weight excluding hydrogens is 184 g/mol. The zero-order valence-electron chi connectivity index (χ0n) is 7.41. The van der Waals surface area contributed by atoms with Gasteiger partial charge in [-0.15, -0.1) is 0 Å². The first-order chi connectivity index (χ1) is 6.59. The summed E-state index contributed by atoms with van der Waals surface area (Å²) in [6.45, 7) is 0. The molecule has 0 unspecified atom stereocenters. The van der Waals surface area contributed by atoms with Gasteiger partial charge < -0.3 is 15.8 Å². The average Bonchev–Trinajstić information content (AvgIpc) is 2.91. The first-order valence-electron chi connectivity index (χ1n) is 4.35. The largest absolute Gasteiger partial charge is 0.477 e. The minimum atomic E-state index is -1.25. The first-order valence-corrected chi connectivity index (χ1v) is 4.35. The minimum absolute atomic E-state index is 0.299. The summed E-state index contributed by atoms with van der Waals surface area (Å²) in [4.78, 5) is 24.4. The van der Waals surface area contributed by atoms with Gasteiger partial charge in [0, 0.05) is 11.6 Å². The van der Waals surface area contributed by atoms with Crippen molar-refractivity contribution in [2.75, 3.05) is 5.73 Å². The van der Waals surface area contributed by atoms with Crippen LogP contribution in [0.25, 0.3) is 0 Å². The molecule has 0 saturated heterocycles. The molecule has 5 heteroatoms. The zero-order valence-corrected chi connectivity index (χ0v) is 7.41. The molecule has 0 spiro atoms. The Morgan fingerprint density at radius 1 is 1.57 bits per heavy atom. The van der Waals surface area contributed by atoms with Crippen molar-refractivity contribution in [2.45, 2.75) is 18.8 Å². The highest BCUT2D eigenvalue weighted by Crippen LogP contribution is 2.40. The van der Waals surface area contributed by atoms with Crippen LogP contribution in [0, 0.1) is 0 Å². The summed E-state index contributed by atoms with van der Waals surface area (Å²) >= 11 is 0. The number of rotatable bonds is 2. The molecule has 5 nitrogen and oxygen atoms in total. The van der Waals surface area contributed by atoms with E-state index in [0.29, 0.717) is 17.3 Å². The second-order valence-electron chi connectivity index (χ2n) is 3.46. The topological polar surface area (TPSA) is 96.2 Å². The van der Waals surface area contributed by atoms with Gasteiger partial charge in [0.2, 0.25) is 0 Å². The van der Waals surface area contributed by atoms with Crippen LogP contribution in [-0.4, -0.2) is 16.1 Å². The third-order valence-corrected chi connectivity index (χ3v) is 2.32. The van der Waals surface area contributed by atoms with E-state index in [2.05, 4.69) is 4.98 Å². The Morgan fingerprint density at radius 2 is 2.21 bits per heavy atom. The summed E-state index contributed by atoms with van der Waals surface area (Å²) < 4.78 is 0. The SMILES string of the molecule is Nc1cc(C(=O)O)c(=O)[nH]c1C1CC1. The highest BCUT2D eigenvalue weighted by Gasteiger charge is 2.27. The third kappa shape index (κ3) is 1.37. The fraction of sp³-hybridized carbons (Fsp3) is 0.333. The maximum Gasteiger partial charge on any atom is 0.341 e. The van der Waals surface area contributed by atoms with Crippen molar-refractivity contribution in [1.29, 1.82) is 0 Å². The fourth-order valence-electron chi connectivity index (χ4n) is 1.43. The number of nitrogens with one attached hydrogen (secondary N) is 1. The Hall–Kier alpha value is -1.78. The predicted molar refractivity (Wildman–Crippen MR) is 50.4 cm³/mol. The van der Waals surface area contributed by atoms with Crippen LogP contribution >= 0.6 is 0 Å². The van der Waals surface area contributed by atoms with Crippen LogP contribution in [0.1, 0.15) is 34.8 Å². The van der Waals surface area contributed by atoms with Gasteiger partial charge in [0.05, 0.1) is 5.69 Å². The van der Waals surface area contributed by atoms with Gasteiger partial charge in [-0.25, -0.2) is 4.79 Å². The molecule has 0 amide bonds. The number of pyridine rings is 1. The summed E-state index contributed by atoms with van der Waals surface area (Å²) in [5.41, 5.74) is 5.81. The van der Waals surface area contributed by atoms with Crippen LogP contribution < -0.4 is 11.3 Å². The second kappa shape index (κ2) is 2.87. The highest BCUT2D eigenvalue weighted by molar-refractivity contribution is 5.88. The fourth-order valence-corrected chi connectivity index (χ4v) is 1.43. The van der Waals surface area contributed by atoms with E-state index in [1.807, 2.05) is 0 Å². The Bertz CT molecular complexity index is 446. The zero-order chi connectivity index (χ0) is 10.3. The van der Waals surface area contributed by atoms with Crippen molar-refractivity contribution < 1.29 is 9.90 Å². The van der Waals surface area contributed by atoms with E-state index < -0.39 is 11.5 Å². The van der Waals surface area contributed by atoms with Gasteiger partial charge >= 0.3 is 5.97 Å². The average molecular weight is 194 g/mol. The van der Waals surface area contributed by atoms with Crippen LogP contribution in [-0.2, 0) is 0 Å². The number of carbonyl (C=O) groups is 1. The standard InChI is InChI=1S/C9H10N2O3/c10-6-3-5(9(13)14)8(12)11-7(6)4-1-2-4/h3-4H,1-2,10H2,(H,11,12)(H,13,14). The monoisotopic (exact) mass is 194 g/mol. The Labute approximate surface area is 79.6 Å². The maximum absolute atomic E-state index is 11.3. The molecule has 0 aliphatic heterocycles. The van der Waals surface area contributed by atoms with Crippen molar-refractivity contribution in [2.24, 2.45) is 0 Å². The van der Waals surface area contributed by atoms with E-state index >= 15 is 0 Å². The summed E-state index contributed by atoms with van der Waals surface area (Å²) in [6, 6.07) is 1.23. The summed E-state index contributed by atoms with van der Waals surface area (Å²) in [7, 11) is 0. The molecule has 4 N–H and O–H groups in total. The van der Waals surface area contributed by atoms with Gasteiger partial charge in [0.15, 0.2) is 0 Å². The molecule has 0 atom stereocenters. The van der Waals surface area contributed by atoms with Crippen molar-refractivity contribution >= 4 is 11.7 Å². The summed E-state index contributed by atoms with van der Waals surface area (Å²) in [6.07, 6.45) is 2.01. The minimum Gasteiger partial charge on any atom is -0.477 e. The number of carboxylic acid groups (broad SMARTS) is 1. The van der Waals surface area contributed by atoms with E-state index in [0.717, 1.165) is 12.8 Å². The maximum atomic E-state index is 11.3. The molecule has 14 heavy (non-hydrogen) atoms. The molecule has 0 aromatic carbocycles. The molecule has 1 heterocycles. The molecule has 2 rings (SSSR count). The van der Waals surface area contributed by atoms with Crippen LogP contribution in [0.5, 0.6) is 0 Å². The lowest BCUT2D eigenvalue weighted by molar-refractivity contribution is 0.0695. The van der Waals surface area contributed by atoms with Crippen LogP contribution in [0.15, 0.2) is 10.9 Å². The molecule has 1 aliphatic carbocycles. The summed E-state index contributed by atoms with van der Waals surface area (Å²) in [5.74, 6) is -0.939. The molecule has 0 bridgehead atoms. The van der Waals surface area contributed by atoms with E-state index in [-0.39, 0.29) is 5.56 Å². The van der Waals surface area contributed by atoms with Crippen LogP contribution in [0.4, 0.5) is 5.69 Å². The molecule has 74 valence electrons. The van der Waals surface area contributed by atoms with Gasteiger partial charge in [-0.1, -0.05) is 0 Å². The number of nitrogen functional groups attached to an aromatic ring is 1. The third-order valence-electron chi connectivity index (χ3n) is 2.32. The number of hydrogen-bond acceptors (Lipinski definition) is 3. The molecule has 1 fully saturated rings. The smallest absolute Gasteiger partial charge is 0.341 e. The van der Waals surface area contributed by atoms with Crippen LogP contribution in [0.3, 0.4) is 0 Å². The molecule has 1 saturated carbocycles. The van der Waals surface area contributed by atoms with Gasteiger partial charge in [-0.2, -0.15) is 0 Å². The highest BCUT2D eigenvalue weighted by atomic mass is 16.4. The van der Waals surface area contributed by atoms with E-state index in [1.165, 1.54) is 6.07 Å². The number of carboxylic acids is 1. The predicted octanol–water partition coefficient (Wildman–Crippen LogP) is 0.533. The number of nitrogens with two attached hydrogens (primary N) is 1. The van der Waals surface area contributed by atoms with Crippen molar-refractivity contribution in [3.63, 3.8) is 0 Å². The normalized spacial score (nSPS) is 15.4. The number of hydrogen-bond donors (Lipinski definition) is 3. The Kier molecular flexibility index (Phi) is 1.80. The van der Waals surface area contributed by atoms with Crippen molar-refractivity contribution in [1.82, 2.24) is 4.98 Å². The van der Waals surface area contributed by atoms with Gasteiger partial charge in [-0.3, -0.25) is 4.79 Å². The quantitative estimate of drug-likeness (QED) is 0.639. The second-order valence-corrected chi connectivity index (χ2v) is 3.46. The Balaban J connectivity index is 2.54.